The lowest BCUT2D eigenvalue weighted by Gasteiger charge is -2.08. The summed E-state index contributed by atoms with van der Waals surface area (Å²) in [4.78, 5) is 11.3. The average molecular weight is 285 g/mol. The Morgan fingerprint density at radius 1 is 1.00 bits per heavy atom. The van der Waals surface area contributed by atoms with E-state index in [0.29, 0.717) is 12.2 Å². The highest BCUT2D eigenvalue weighted by molar-refractivity contribution is 5.89. The lowest BCUT2D eigenvalue weighted by Crippen LogP contribution is -2.04. The molecular formula is C17H19NO3. The predicted octanol–water partition coefficient (Wildman–Crippen LogP) is 2.77. The smallest absolute Gasteiger partial charge is 0.337 e. The van der Waals surface area contributed by atoms with Gasteiger partial charge in [0.2, 0.25) is 0 Å². The molecular weight excluding hydrogens is 266 g/mol. The summed E-state index contributed by atoms with van der Waals surface area (Å²) >= 11 is 0. The molecule has 0 amide bonds. The van der Waals surface area contributed by atoms with E-state index in [0.717, 1.165) is 17.9 Å². The largest absolute Gasteiger partial charge is 0.489 e. The minimum atomic E-state index is -0.331. The molecule has 0 aliphatic carbocycles. The summed E-state index contributed by atoms with van der Waals surface area (Å²) in [6.07, 6.45) is 0. The number of hydrogen-bond donors (Lipinski definition) is 1. The molecule has 4 nitrogen and oxygen atoms in total. The number of ether oxygens (including phenoxy) is 2. The molecule has 0 fully saturated rings. The van der Waals surface area contributed by atoms with E-state index < -0.39 is 0 Å². The van der Waals surface area contributed by atoms with E-state index in [2.05, 4.69) is 10.1 Å². The van der Waals surface area contributed by atoms with Crippen LogP contribution in [0.3, 0.4) is 0 Å². The van der Waals surface area contributed by atoms with Gasteiger partial charge in [0, 0.05) is 6.54 Å². The minimum absolute atomic E-state index is 0.331. The van der Waals surface area contributed by atoms with Crippen LogP contribution in [0.1, 0.15) is 21.5 Å². The van der Waals surface area contributed by atoms with Crippen molar-refractivity contribution in [2.45, 2.75) is 13.2 Å². The molecule has 0 radical (unpaired) electrons. The average Bonchev–Trinajstić information content (AvgIpc) is 2.54. The fourth-order valence-corrected chi connectivity index (χ4v) is 1.93. The van der Waals surface area contributed by atoms with E-state index in [-0.39, 0.29) is 5.97 Å². The lowest BCUT2D eigenvalue weighted by atomic mass is 10.1. The Kier molecular flexibility index (Phi) is 5.35. The number of nitrogens with one attached hydrogen (secondary N) is 1. The molecule has 0 atom stereocenters. The van der Waals surface area contributed by atoms with Gasteiger partial charge < -0.3 is 14.8 Å². The third-order valence-corrected chi connectivity index (χ3v) is 3.08. The maximum absolute atomic E-state index is 11.3. The van der Waals surface area contributed by atoms with Gasteiger partial charge in [-0.05, 0) is 42.4 Å². The van der Waals surface area contributed by atoms with Gasteiger partial charge in [0.15, 0.2) is 0 Å². The van der Waals surface area contributed by atoms with E-state index in [1.807, 2.05) is 43.4 Å². The van der Waals surface area contributed by atoms with Gasteiger partial charge in [-0.25, -0.2) is 4.79 Å². The first-order valence-corrected chi connectivity index (χ1v) is 6.76. The Morgan fingerprint density at radius 3 is 2.19 bits per heavy atom. The number of carbonyl (C=O) groups excluding carboxylic acids is 1. The SMILES string of the molecule is CNCc1ccc(OCc2ccc(C(=O)OC)cc2)cc1. The molecule has 0 saturated heterocycles. The first kappa shape index (κ1) is 15.1. The fraction of sp³-hybridized carbons (Fsp3) is 0.235. The maximum atomic E-state index is 11.3. The molecule has 2 aromatic carbocycles. The zero-order valence-electron chi connectivity index (χ0n) is 12.3. The highest BCUT2D eigenvalue weighted by Crippen LogP contribution is 2.14. The Bertz CT molecular complexity index is 576. The number of carbonyl (C=O) groups is 1. The molecule has 0 heterocycles. The van der Waals surface area contributed by atoms with Crippen molar-refractivity contribution < 1.29 is 14.3 Å². The van der Waals surface area contributed by atoms with Crippen molar-refractivity contribution in [1.82, 2.24) is 5.32 Å². The van der Waals surface area contributed by atoms with Crippen LogP contribution in [0.5, 0.6) is 5.75 Å². The second-order valence-corrected chi connectivity index (χ2v) is 4.65. The summed E-state index contributed by atoms with van der Waals surface area (Å²) < 4.78 is 10.4. The van der Waals surface area contributed by atoms with Crippen LogP contribution in [0.25, 0.3) is 0 Å². The molecule has 0 spiro atoms. The summed E-state index contributed by atoms with van der Waals surface area (Å²) in [6, 6.07) is 15.2. The molecule has 2 aromatic rings. The molecule has 4 heteroatoms. The van der Waals surface area contributed by atoms with Crippen molar-refractivity contribution in [2.24, 2.45) is 0 Å². The molecule has 0 bridgehead atoms. The van der Waals surface area contributed by atoms with Crippen LogP contribution in [0.4, 0.5) is 0 Å². The summed E-state index contributed by atoms with van der Waals surface area (Å²) in [6.45, 7) is 1.31. The molecule has 0 aliphatic heterocycles. The Balaban J connectivity index is 1.91. The Hall–Kier alpha value is -2.33. The van der Waals surface area contributed by atoms with Gasteiger partial charge in [-0.3, -0.25) is 0 Å². The topological polar surface area (TPSA) is 47.6 Å². The number of rotatable bonds is 6. The predicted molar refractivity (Wildman–Crippen MR) is 81.3 cm³/mol. The normalized spacial score (nSPS) is 10.2. The standard InChI is InChI=1S/C17H19NO3/c1-18-11-13-5-9-16(10-6-13)21-12-14-3-7-15(8-4-14)17(19)20-2/h3-10,18H,11-12H2,1-2H3. The molecule has 1 N–H and O–H groups in total. The monoisotopic (exact) mass is 285 g/mol. The van der Waals surface area contributed by atoms with Crippen molar-refractivity contribution in [3.05, 3.63) is 65.2 Å². The van der Waals surface area contributed by atoms with E-state index in [1.165, 1.54) is 12.7 Å². The van der Waals surface area contributed by atoms with Crippen molar-refractivity contribution in [3.8, 4) is 5.75 Å². The lowest BCUT2D eigenvalue weighted by molar-refractivity contribution is 0.0600. The first-order chi connectivity index (χ1) is 10.2. The van der Waals surface area contributed by atoms with Crippen LogP contribution in [-0.4, -0.2) is 20.1 Å². The zero-order valence-corrected chi connectivity index (χ0v) is 12.3. The van der Waals surface area contributed by atoms with E-state index in [9.17, 15) is 4.79 Å². The van der Waals surface area contributed by atoms with Crippen LogP contribution in [-0.2, 0) is 17.9 Å². The number of methoxy groups -OCH3 is 1. The summed E-state index contributed by atoms with van der Waals surface area (Å²) in [5.74, 6) is 0.495. The quantitative estimate of drug-likeness (QED) is 0.829. The molecule has 0 unspecified atom stereocenters. The van der Waals surface area contributed by atoms with Gasteiger partial charge >= 0.3 is 5.97 Å². The van der Waals surface area contributed by atoms with Crippen molar-refractivity contribution in [1.29, 1.82) is 0 Å². The van der Waals surface area contributed by atoms with Crippen LogP contribution in [0.15, 0.2) is 48.5 Å². The molecule has 0 saturated carbocycles. The number of esters is 1. The van der Waals surface area contributed by atoms with Gasteiger partial charge in [-0.1, -0.05) is 24.3 Å². The minimum Gasteiger partial charge on any atom is -0.489 e. The first-order valence-electron chi connectivity index (χ1n) is 6.76. The van der Waals surface area contributed by atoms with Gasteiger partial charge in [0.1, 0.15) is 12.4 Å². The second kappa shape index (κ2) is 7.45. The number of benzene rings is 2. The molecule has 21 heavy (non-hydrogen) atoms. The van der Waals surface area contributed by atoms with Crippen molar-refractivity contribution in [2.75, 3.05) is 14.2 Å². The summed E-state index contributed by atoms with van der Waals surface area (Å²) in [5.41, 5.74) is 2.76. The van der Waals surface area contributed by atoms with Crippen LogP contribution < -0.4 is 10.1 Å². The maximum Gasteiger partial charge on any atom is 0.337 e. The van der Waals surface area contributed by atoms with Crippen LogP contribution in [0, 0.1) is 0 Å². The molecule has 0 aromatic heterocycles. The van der Waals surface area contributed by atoms with Gasteiger partial charge in [-0.2, -0.15) is 0 Å². The van der Waals surface area contributed by atoms with E-state index in [1.54, 1.807) is 12.1 Å². The third-order valence-electron chi connectivity index (χ3n) is 3.08. The van der Waals surface area contributed by atoms with E-state index in [4.69, 9.17) is 4.74 Å². The Labute approximate surface area is 124 Å². The zero-order chi connectivity index (χ0) is 15.1. The highest BCUT2D eigenvalue weighted by Gasteiger charge is 2.04. The molecule has 2 rings (SSSR count). The van der Waals surface area contributed by atoms with Gasteiger partial charge in [-0.15, -0.1) is 0 Å². The third kappa shape index (κ3) is 4.33. The molecule has 0 aliphatic rings. The van der Waals surface area contributed by atoms with E-state index >= 15 is 0 Å². The summed E-state index contributed by atoms with van der Waals surface area (Å²) in [5, 5.41) is 3.10. The van der Waals surface area contributed by atoms with Crippen molar-refractivity contribution >= 4 is 5.97 Å². The fourth-order valence-electron chi connectivity index (χ4n) is 1.93. The van der Waals surface area contributed by atoms with Gasteiger partial charge in [0.05, 0.1) is 12.7 Å². The van der Waals surface area contributed by atoms with Crippen molar-refractivity contribution in [3.63, 3.8) is 0 Å². The Morgan fingerprint density at radius 2 is 1.62 bits per heavy atom. The summed E-state index contributed by atoms with van der Waals surface area (Å²) in [7, 11) is 3.29. The molecule has 110 valence electrons. The van der Waals surface area contributed by atoms with Gasteiger partial charge in [0.25, 0.3) is 0 Å². The number of hydrogen-bond acceptors (Lipinski definition) is 4. The highest BCUT2D eigenvalue weighted by atomic mass is 16.5. The van der Waals surface area contributed by atoms with Crippen LogP contribution >= 0.6 is 0 Å². The van der Waals surface area contributed by atoms with Crippen LogP contribution in [0.2, 0.25) is 0 Å². The second-order valence-electron chi connectivity index (χ2n) is 4.65.